The van der Waals surface area contributed by atoms with Gasteiger partial charge in [-0.3, -0.25) is 0 Å². The van der Waals surface area contributed by atoms with Crippen molar-refractivity contribution in [3.63, 3.8) is 0 Å². The molecule has 0 radical (unpaired) electrons. The van der Waals surface area contributed by atoms with Crippen molar-refractivity contribution in [2.24, 2.45) is 0 Å². The van der Waals surface area contributed by atoms with E-state index in [1.807, 2.05) is 0 Å². The van der Waals surface area contributed by atoms with Gasteiger partial charge in [0.2, 0.25) is 0 Å². The molecule has 0 saturated carbocycles. The van der Waals surface area contributed by atoms with Gasteiger partial charge in [-0.15, -0.1) is 0 Å². The van der Waals surface area contributed by atoms with E-state index in [-0.39, 0.29) is 6.61 Å². The minimum atomic E-state index is -0.399. The topological polar surface area (TPSA) is 44.0 Å². The predicted molar refractivity (Wildman–Crippen MR) is 47.0 cm³/mol. The third-order valence-electron chi connectivity index (χ3n) is 1.58. The van der Waals surface area contributed by atoms with Gasteiger partial charge in [0.15, 0.2) is 0 Å². The maximum Gasteiger partial charge on any atom is 0.130 e. The van der Waals surface area contributed by atoms with E-state index >= 15 is 0 Å². The van der Waals surface area contributed by atoms with Crippen molar-refractivity contribution < 1.29 is 9.50 Å². The summed E-state index contributed by atoms with van der Waals surface area (Å²) in [4.78, 5) is 0. The van der Waals surface area contributed by atoms with Gasteiger partial charge in [-0.1, -0.05) is 6.07 Å². The van der Waals surface area contributed by atoms with Crippen molar-refractivity contribution in [2.75, 3.05) is 0 Å². The summed E-state index contributed by atoms with van der Waals surface area (Å²) in [5, 5.41) is 17.0. The van der Waals surface area contributed by atoms with Crippen molar-refractivity contribution in [3.8, 4) is 6.07 Å². The van der Waals surface area contributed by atoms with Crippen LogP contribution in [0.3, 0.4) is 0 Å². The van der Waals surface area contributed by atoms with E-state index in [1.165, 1.54) is 30.4 Å². The fourth-order valence-corrected chi connectivity index (χ4v) is 0.946. The minimum absolute atomic E-state index is 0.131. The van der Waals surface area contributed by atoms with Crippen LogP contribution in [0.5, 0.6) is 0 Å². The second kappa shape index (κ2) is 4.39. The third-order valence-corrected chi connectivity index (χ3v) is 1.58. The molecule has 66 valence electrons. The number of nitrogens with zero attached hydrogens (tertiary/aromatic N) is 1. The molecule has 1 rings (SSSR count). The zero-order valence-corrected chi connectivity index (χ0v) is 6.87. The highest BCUT2D eigenvalue weighted by Crippen LogP contribution is 2.12. The lowest BCUT2D eigenvalue weighted by Gasteiger charge is -1.99. The van der Waals surface area contributed by atoms with Crippen LogP contribution in [0.25, 0.3) is 6.08 Å². The average Bonchev–Trinajstić information content (AvgIpc) is 2.17. The lowest BCUT2D eigenvalue weighted by Crippen LogP contribution is -1.87. The van der Waals surface area contributed by atoms with Gasteiger partial charge < -0.3 is 5.11 Å². The van der Waals surface area contributed by atoms with Crippen LogP contribution in [0.1, 0.15) is 11.1 Å². The number of nitriles is 1. The molecule has 0 atom stereocenters. The molecule has 0 aliphatic rings. The van der Waals surface area contributed by atoms with Crippen molar-refractivity contribution in [2.45, 2.75) is 6.61 Å². The van der Waals surface area contributed by atoms with Gasteiger partial charge >= 0.3 is 0 Å². The van der Waals surface area contributed by atoms with E-state index in [9.17, 15) is 4.39 Å². The first kappa shape index (κ1) is 9.43. The minimum Gasteiger partial charge on any atom is -0.392 e. The quantitative estimate of drug-likeness (QED) is 0.700. The van der Waals surface area contributed by atoms with Crippen LogP contribution in [0, 0.1) is 17.1 Å². The Bertz CT molecular complexity index is 366. The summed E-state index contributed by atoms with van der Waals surface area (Å²) in [5.41, 5.74) is 0.937. The van der Waals surface area contributed by atoms with Gasteiger partial charge in [0.05, 0.1) is 12.7 Å². The third kappa shape index (κ3) is 2.39. The SMILES string of the molecule is N#CC=Cc1cc(CO)ccc1F. The largest absolute Gasteiger partial charge is 0.392 e. The standard InChI is InChI=1S/C10H8FNO/c11-10-4-3-8(7-13)6-9(10)2-1-5-12/h1-4,6,13H,7H2. The van der Waals surface area contributed by atoms with Gasteiger partial charge in [-0.25, -0.2) is 4.39 Å². The maximum absolute atomic E-state index is 13.0. The van der Waals surface area contributed by atoms with Crippen molar-refractivity contribution >= 4 is 6.08 Å². The number of hydrogen-bond donors (Lipinski definition) is 1. The summed E-state index contributed by atoms with van der Waals surface area (Å²) in [6.07, 6.45) is 2.56. The normalized spacial score (nSPS) is 10.2. The second-order valence-corrected chi connectivity index (χ2v) is 2.48. The van der Waals surface area contributed by atoms with E-state index in [0.29, 0.717) is 11.1 Å². The molecule has 3 heteroatoms. The Kier molecular flexibility index (Phi) is 3.18. The van der Waals surface area contributed by atoms with E-state index in [4.69, 9.17) is 10.4 Å². The van der Waals surface area contributed by atoms with E-state index in [0.717, 1.165) is 0 Å². The smallest absolute Gasteiger partial charge is 0.130 e. The lowest BCUT2D eigenvalue weighted by molar-refractivity contribution is 0.281. The molecular weight excluding hydrogens is 169 g/mol. The number of rotatable bonds is 2. The van der Waals surface area contributed by atoms with Gasteiger partial charge in [-0.2, -0.15) is 5.26 Å². The molecule has 0 saturated heterocycles. The summed E-state index contributed by atoms with van der Waals surface area (Å²) in [7, 11) is 0. The Balaban J connectivity index is 3.05. The Morgan fingerprint density at radius 2 is 2.31 bits per heavy atom. The fraction of sp³-hybridized carbons (Fsp3) is 0.100. The lowest BCUT2D eigenvalue weighted by atomic mass is 10.1. The van der Waals surface area contributed by atoms with Crippen molar-refractivity contribution in [1.82, 2.24) is 0 Å². The van der Waals surface area contributed by atoms with Crippen molar-refractivity contribution in [1.29, 1.82) is 5.26 Å². The zero-order chi connectivity index (χ0) is 9.68. The number of aliphatic hydroxyl groups excluding tert-OH is 1. The highest BCUT2D eigenvalue weighted by atomic mass is 19.1. The molecular formula is C10H8FNO. The molecule has 0 bridgehead atoms. The van der Waals surface area contributed by atoms with Gasteiger partial charge in [0, 0.05) is 11.6 Å². The van der Waals surface area contributed by atoms with Crippen LogP contribution in [-0.4, -0.2) is 5.11 Å². The molecule has 1 aromatic carbocycles. The summed E-state index contributed by atoms with van der Waals surface area (Å²) in [5.74, 6) is -0.399. The Hall–Kier alpha value is -1.66. The van der Waals surface area contributed by atoms with E-state index < -0.39 is 5.82 Å². The highest BCUT2D eigenvalue weighted by molar-refractivity contribution is 5.53. The summed E-state index contributed by atoms with van der Waals surface area (Å²) in [6, 6.07) is 6.04. The first-order valence-electron chi connectivity index (χ1n) is 3.73. The molecule has 0 fully saturated rings. The molecule has 0 amide bonds. The summed E-state index contributed by atoms with van der Waals surface area (Å²) >= 11 is 0. The monoisotopic (exact) mass is 177 g/mol. The number of allylic oxidation sites excluding steroid dienone is 1. The van der Waals surface area contributed by atoms with Crippen LogP contribution < -0.4 is 0 Å². The Morgan fingerprint density at radius 1 is 1.54 bits per heavy atom. The molecule has 1 aromatic rings. The molecule has 1 N–H and O–H groups in total. The Labute approximate surface area is 75.6 Å². The molecule has 2 nitrogen and oxygen atoms in total. The number of halogens is 1. The summed E-state index contributed by atoms with van der Waals surface area (Å²) in [6.45, 7) is -0.131. The fourth-order valence-electron chi connectivity index (χ4n) is 0.946. The predicted octanol–water partition coefficient (Wildman–Crippen LogP) is 1.85. The first-order valence-corrected chi connectivity index (χ1v) is 3.73. The van der Waals surface area contributed by atoms with Crippen LogP contribution in [-0.2, 0) is 6.61 Å². The van der Waals surface area contributed by atoms with E-state index in [2.05, 4.69) is 0 Å². The van der Waals surface area contributed by atoms with E-state index in [1.54, 1.807) is 6.07 Å². The van der Waals surface area contributed by atoms with Crippen LogP contribution in [0.15, 0.2) is 24.3 Å². The second-order valence-electron chi connectivity index (χ2n) is 2.48. The highest BCUT2D eigenvalue weighted by Gasteiger charge is 1.99. The molecule has 0 spiro atoms. The van der Waals surface area contributed by atoms with Gasteiger partial charge in [0.25, 0.3) is 0 Å². The van der Waals surface area contributed by atoms with Crippen LogP contribution in [0.2, 0.25) is 0 Å². The molecule has 0 aliphatic carbocycles. The molecule has 0 aromatic heterocycles. The maximum atomic E-state index is 13.0. The number of hydrogen-bond acceptors (Lipinski definition) is 2. The number of benzene rings is 1. The zero-order valence-electron chi connectivity index (χ0n) is 6.87. The van der Waals surface area contributed by atoms with Crippen molar-refractivity contribution in [3.05, 3.63) is 41.2 Å². The first-order chi connectivity index (χ1) is 6.27. The van der Waals surface area contributed by atoms with Crippen LogP contribution >= 0.6 is 0 Å². The summed E-state index contributed by atoms with van der Waals surface area (Å²) < 4.78 is 13.0. The molecule has 0 heterocycles. The average molecular weight is 177 g/mol. The molecule has 13 heavy (non-hydrogen) atoms. The molecule has 0 unspecified atom stereocenters. The molecule has 0 aliphatic heterocycles. The van der Waals surface area contributed by atoms with Crippen LogP contribution in [0.4, 0.5) is 4.39 Å². The van der Waals surface area contributed by atoms with Gasteiger partial charge in [0.1, 0.15) is 5.82 Å². The van der Waals surface area contributed by atoms with Gasteiger partial charge in [-0.05, 0) is 23.8 Å². The Morgan fingerprint density at radius 3 is 2.92 bits per heavy atom. The number of aliphatic hydroxyl groups is 1.